The van der Waals surface area contributed by atoms with Gasteiger partial charge in [0, 0.05) is 25.1 Å². The van der Waals surface area contributed by atoms with Crippen molar-refractivity contribution in [3.05, 3.63) is 29.8 Å². The Kier molecular flexibility index (Phi) is 3.04. The number of hydrogen-bond acceptors (Lipinski definition) is 2. The highest BCUT2D eigenvalue weighted by atomic mass is 19.1. The number of piperidine rings is 1. The Hall–Kier alpha value is -1.42. The Labute approximate surface area is 106 Å². The first-order chi connectivity index (χ1) is 8.79. The molecule has 1 aromatic heterocycles. The zero-order valence-electron chi connectivity index (χ0n) is 10.6. The molecule has 1 aromatic carbocycles. The predicted molar refractivity (Wildman–Crippen MR) is 70.2 cm³/mol. The van der Waals surface area contributed by atoms with Crippen LogP contribution in [0.15, 0.2) is 18.2 Å². The van der Waals surface area contributed by atoms with Crippen LogP contribution >= 0.6 is 0 Å². The maximum atomic E-state index is 13.3. The van der Waals surface area contributed by atoms with Gasteiger partial charge < -0.3 is 9.88 Å². The molecule has 0 amide bonds. The highest BCUT2D eigenvalue weighted by Gasteiger charge is 2.21. The molecule has 4 heteroatoms. The van der Waals surface area contributed by atoms with Crippen molar-refractivity contribution >= 4 is 11.0 Å². The minimum atomic E-state index is -0.212. The van der Waals surface area contributed by atoms with Gasteiger partial charge in [0.25, 0.3) is 0 Å². The Balaban J connectivity index is 2.09. The van der Waals surface area contributed by atoms with E-state index in [0.29, 0.717) is 5.92 Å². The van der Waals surface area contributed by atoms with Crippen LogP contribution in [0, 0.1) is 5.82 Å². The summed E-state index contributed by atoms with van der Waals surface area (Å²) in [7, 11) is 0. The van der Waals surface area contributed by atoms with E-state index in [1.54, 1.807) is 0 Å². The Bertz CT molecular complexity index is 555. The van der Waals surface area contributed by atoms with Gasteiger partial charge in [-0.2, -0.15) is 0 Å². The van der Waals surface area contributed by atoms with Crippen molar-refractivity contribution < 1.29 is 4.39 Å². The van der Waals surface area contributed by atoms with E-state index < -0.39 is 0 Å². The van der Waals surface area contributed by atoms with Crippen LogP contribution in [0.3, 0.4) is 0 Å². The summed E-state index contributed by atoms with van der Waals surface area (Å²) < 4.78 is 15.5. The molecule has 1 aliphatic heterocycles. The quantitative estimate of drug-likeness (QED) is 0.884. The maximum absolute atomic E-state index is 13.3. The van der Waals surface area contributed by atoms with Gasteiger partial charge in [-0.1, -0.05) is 0 Å². The molecule has 1 unspecified atom stereocenters. The Morgan fingerprint density at radius 1 is 1.50 bits per heavy atom. The molecular formula is C14H18FN3. The fraction of sp³-hybridized carbons (Fsp3) is 0.500. The van der Waals surface area contributed by atoms with Gasteiger partial charge in [0.1, 0.15) is 11.6 Å². The van der Waals surface area contributed by atoms with E-state index in [1.807, 2.05) is 6.07 Å². The zero-order valence-corrected chi connectivity index (χ0v) is 10.6. The van der Waals surface area contributed by atoms with Gasteiger partial charge in [-0.25, -0.2) is 9.37 Å². The minimum Gasteiger partial charge on any atom is -0.328 e. The van der Waals surface area contributed by atoms with Crippen molar-refractivity contribution in [3.63, 3.8) is 0 Å². The van der Waals surface area contributed by atoms with E-state index in [2.05, 4.69) is 21.8 Å². The molecule has 1 saturated heterocycles. The molecule has 3 rings (SSSR count). The first-order valence-corrected chi connectivity index (χ1v) is 6.66. The topological polar surface area (TPSA) is 29.9 Å². The number of fused-ring (bicyclic) bond motifs is 1. The van der Waals surface area contributed by atoms with E-state index in [9.17, 15) is 4.39 Å². The third-order valence-corrected chi connectivity index (χ3v) is 3.72. The fourth-order valence-corrected chi connectivity index (χ4v) is 2.84. The van der Waals surface area contributed by atoms with Crippen molar-refractivity contribution in [1.82, 2.24) is 14.9 Å². The highest BCUT2D eigenvalue weighted by molar-refractivity contribution is 5.76. The van der Waals surface area contributed by atoms with Gasteiger partial charge in [-0.3, -0.25) is 0 Å². The molecule has 1 N–H and O–H groups in total. The lowest BCUT2D eigenvalue weighted by Crippen LogP contribution is -2.30. The molecular weight excluding hydrogens is 229 g/mol. The lowest BCUT2D eigenvalue weighted by molar-refractivity contribution is 0.436. The minimum absolute atomic E-state index is 0.212. The van der Waals surface area contributed by atoms with Gasteiger partial charge in [0.05, 0.1) is 11.0 Å². The zero-order chi connectivity index (χ0) is 12.5. The van der Waals surface area contributed by atoms with Crippen LogP contribution in [0.2, 0.25) is 0 Å². The third-order valence-electron chi connectivity index (χ3n) is 3.72. The highest BCUT2D eigenvalue weighted by Crippen LogP contribution is 2.27. The smallest absolute Gasteiger partial charge is 0.125 e. The van der Waals surface area contributed by atoms with Crippen LogP contribution in [0.4, 0.5) is 4.39 Å². The largest absolute Gasteiger partial charge is 0.328 e. The normalized spacial score (nSPS) is 20.4. The molecule has 1 fully saturated rings. The number of rotatable bonds is 2. The van der Waals surface area contributed by atoms with Crippen LogP contribution in [-0.2, 0) is 6.54 Å². The van der Waals surface area contributed by atoms with Crippen molar-refractivity contribution in [3.8, 4) is 0 Å². The number of imidazole rings is 1. The van der Waals surface area contributed by atoms with E-state index in [0.717, 1.165) is 36.5 Å². The molecule has 2 heterocycles. The number of hydrogen-bond donors (Lipinski definition) is 1. The average Bonchev–Trinajstić information content (AvgIpc) is 2.77. The average molecular weight is 247 g/mol. The van der Waals surface area contributed by atoms with Crippen molar-refractivity contribution in [1.29, 1.82) is 0 Å². The SMILES string of the molecule is CCn1c(C2CCCNC2)nc2cc(F)ccc21. The summed E-state index contributed by atoms with van der Waals surface area (Å²) in [6, 6.07) is 4.88. The second kappa shape index (κ2) is 4.69. The van der Waals surface area contributed by atoms with Crippen molar-refractivity contribution in [2.45, 2.75) is 32.2 Å². The molecule has 0 saturated carbocycles. The van der Waals surface area contributed by atoms with Crippen molar-refractivity contribution in [2.75, 3.05) is 13.1 Å². The van der Waals surface area contributed by atoms with E-state index >= 15 is 0 Å². The number of halogens is 1. The lowest BCUT2D eigenvalue weighted by Gasteiger charge is -2.22. The van der Waals surface area contributed by atoms with E-state index in [4.69, 9.17) is 0 Å². The third kappa shape index (κ3) is 1.90. The molecule has 2 aromatic rings. The molecule has 1 aliphatic rings. The molecule has 18 heavy (non-hydrogen) atoms. The van der Waals surface area contributed by atoms with Gasteiger partial charge in [-0.05, 0) is 38.4 Å². The molecule has 3 nitrogen and oxygen atoms in total. The van der Waals surface area contributed by atoms with Crippen LogP contribution in [0.5, 0.6) is 0 Å². The van der Waals surface area contributed by atoms with E-state index in [1.165, 1.54) is 25.0 Å². The number of aromatic nitrogens is 2. The van der Waals surface area contributed by atoms with Crippen LogP contribution in [-0.4, -0.2) is 22.6 Å². The van der Waals surface area contributed by atoms with Crippen LogP contribution in [0.1, 0.15) is 31.5 Å². The molecule has 0 spiro atoms. The van der Waals surface area contributed by atoms with Gasteiger partial charge in [0.2, 0.25) is 0 Å². The summed E-state index contributed by atoms with van der Waals surface area (Å²) >= 11 is 0. The summed E-state index contributed by atoms with van der Waals surface area (Å²) in [5, 5.41) is 3.41. The summed E-state index contributed by atoms with van der Waals surface area (Å²) in [6.07, 6.45) is 2.35. The second-order valence-electron chi connectivity index (χ2n) is 4.89. The standard InChI is InChI=1S/C14H18FN3/c1-2-18-13-6-5-11(15)8-12(13)17-14(18)10-4-3-7-16-9-10/h5-6,8,10,16H,2-4,7,9H2,1H3. The summed E-state index contributed by atoms with van der Waals surface area (Å²) in [5.74, 6) is 1.34. The fourth-order valence-electron chi connectivity index (χ4n) is 2.84. The molecule has 0 bridgehead atoms. The first kappa shape index (κ1) is 11.7. The summed E-state index contributed by atoms with van der Waals surface area (Å²) in [6.45, 7) is 5.07. The van der Waals surface area contributed by atoms with Crippen molar-refractivity contribution in [2.24, 2.45) is 0 Å². The Morgan fingerprint density at radius 2 is 2.39 bits per heavy atom. The first-order valence-electron chi connectivity index (χ1n) is 6.66. The summed E-state index contributed by atoms with van der Waals surface area (Å²) in [4.78, 5) is 4.65. The molecule has 1 atom stereocenters. The Morgan fingerprint density at radius 3 is 3.11 bits per heavy atom. The second-order valence-corrected chi connectivity index (χ2v) is 4.89. The molecule has 0 aliphatic carbocycles. The lowest BCUT2D eigenvalue weighted by atomic mass is 9.99. The monoisotopic (exact) mass is 247 g/mol. The van der Waals surface area contributed by atoms with Gasteiger partial charge in [-0.15, -0.1) is 0 Å². The van der Waals surface area contributed by atoms with Crippen LogP contribution in [0.25, 0.3) is 11.0 Å². The van der Waals surface area contributed by atoms with E-state index in [-0.39, 0.29) is 5.82 Å². The number of nitrogens with one attached hydrogen (secondary N) is 1. The molecule has 96 valence electrons. The number of aryl methyl sites for hydroxylation is 1. The van der Waals surface area contributed by atoms with Gasteiger partial charge in [0.15, 0.2) is 0 Å². The van der Waals surface area contributed by atoms with Gasteiger partial charge >= 0.3 is 0 Å². The maximum Gasteiger partial charge on any atom is 0.125 e. The molecule has 0 radical (unpaired) electrons. The van der Waals surface area contributed by atoms with Crippen LogP contribution < -0.4 is 5.32 Å². The predicted octanol–water partition coefficient (Wildman–Crippen LogP) is 2.66. The number of benzene rings is 1. The number of nitrogens with zero attached hydrogens (tertiary/aromatic N) is 2. The summed E-state index contributed by atoms with van der Waals surface area (Å²) in [5.41, 5.74) is 1.82.